The van der Waals surface area contributed by atoms with E-state index in [1.807, 2.05) is 19.1 Å². The fourth-order valence-corrected chi connectivity index (χ4v) is 3.45. The summed E-state index contributed by atoms with van der Waals surface area (Å²) < 4.78 is 5.47. The van der Waals surface area contributed by atoms with Crippen molar-refractivity contribution < 1.29 is 14.3 Å². The van der Waals surface area contributed by atoms with Gasteiger partial charge in [-0.05, 0) is 37.3 Å². The first-order valence-corrected chi connectivity index (χ1v) is 10.0. The topological polar surface area (TPSA) is 71.5 Å². The van der Waals surface area contributed by atoms with Crippen LogP contribution in [0.15, 0.2) is 48.5 Å². The van der Waals surface area contributed by atoms with Crippen LogP contribution in [-0.4, -0.2) is 42.4 Å². The maximum atomic E-state index is 12.6. The second-order valence-corrected chi connectivity index (χ2v) is 8.13. The number of thiazole rings is 1. The summed E-state index contributed by atoms with van der Waals surface area (Å²) in [4.78, 5) is 31.2. The number of amides is 2. The van der Waals surface area contributed by atoms with Gasteiger partial charge in [-0.2, -0.15) is 0 Å². The minimum Gasteiger partial charge on any atom is -0.484 e. The van der Waals surface area contributed by atoms with Crippen LogP contribution in [0.1, 0.15) is 15.2 Å². The molecule has 29 heavy (non-hydrogen) atoms. The molecule has 3 aromatic rings. The third kappa shape index (κ3) is 5.34. The second kappa shape index (κ2) is 9.07. The zero-order valence-corrected chi connectivity index (χ0v) is 17.8. The van der Waals surface area contributed by atoms with Gasteiger partial charge in [0.15, 0.2) is 11.7 Å². The van der Waals surface area contributed by atoms with E-state index in [1.54, 1.807) is 50.5 Å². The molecule has 0 aliphatic rings. The summed E-state index contributed by atoms with van der Waals surface area (Å²) >= 11 is 7.34. The van der Waals surface area contributed by atoms with E-state index in [-0.39, 0.29) is 18.4 Å². The molecule has 0 aliphatic heterocycles. The molecule has 0 aliphatic carbocycles. The van der Waals surface area contributed by atoms with Crippen LogP contribution in [-0.2, 0) is 4.79 Å². The van der Waals surface area contributed by atoms with E-state index < -0.39 is 0 Å². The predicted octanol–water partition coefficient (Wildman–Crippen LogP) is 4.49. The Morgan fingerprint density at radius 2 is 1.90 bits per heavy atom. The zero-order valence-electron chi connectivity index (χ0n) is 16.2. The molecule has 6 nitrogen and oxygen atoms in total. The lowest BCUT2D eigenvalue weighted by atomic mass is 10.1. The molecule has 2 aromatic carbocycles. The molecular weight excluding hydrogens is 410 g/mol. The van der Waals surface area contributed by atoms with E-state index in [0.29, 0.717) is 21.5 Å². The van der Waals surface area contributed by atoms with Crippen molar-refractivity contribution >= 4 is 39.9 Å². The SMILES string of the molecule is Cc1sc(NC(=O)c2cccc(OCC(=O)N(C)C)c2)nc1-c1ccc(Cl)cc1. The van der Waals surface area contributed by atoms with Gasteiger partial charge < -0.3 is 9.64 Å². The molecule has 1 aromatic heterocycles. The Morgan fingerprint density at radius 1 is 1.17 bits per heavy atom. The smallest absolute Gasteiger partial charge is 0.259 e. The molecule has 0 spiro atoms. The van der Waals surface area contributed by atoms with Crippen molar-refractivity contribution in [2.75, 3.05) is 26.0 Å². The molecule has 150 valence electrons. The van der Waals surface area contributed by atoms with Crippen molar-refractivity contribution in [1.29, 1.82) is 0 Å². The van der Waals surface area contributed by atoms with Crippen LogP contribution >= 0.6 is 22.9 Å². The molecule has 0 radical (unpaired) electrons. The number of nitrogens with zero attached hydrogens (tertiary/aromatic N) is 2. The maximum Gasteiger partial charge on any atom is 0.259 e. The van der Waals surface area contributed by atoms with Gasteiger partial charge in [0.1, 0.15) is 5.75 Å². The van der Waals surface area contributed by atoms with Crippen molar-refractivity contribution in [3.8, 4) is 17.0 Å². The van der Waals surface area contributed by atoms with Gasteiger partial charge in [-0.25, -0.2) is 4.98 Å². The predicted molar refractivity (Wildman–Crippen MR) is 116 cm³/mol. The molecular formula is C21H20ClN3O3S. The second-order valence-electron chi connectivity index (χ2n) is 6.49. The number of carbonyl (C=O) groups is 2. The van der Waals surface area contributed by atoms with Crippen molar-refractivity contribution in [2.24, 2.45) is 0 Å². The Balaban J connectivity index is 1.70. The summed E-state index contributed by atoms with van der Waals surface area (Å²) in [5, 5.41) is 3.99. The molecule has 0 atom stereocenters. The summed E-state index contributed by atoms with van der Waals surface area (Å²) in [6.07, 6.45) is 0. The highest BCUT2D eigenvalue weighted by atomic mass is 35.5. The first-order chi connectivity index (χ1) is 13.8. The molecule has 8 heteroatoms. The van der Waals surface area contributed by atoms with Gasteiger partial charge in [-0.15, -0.1) is 11.3 Å². The number of aromatic nitrogens is 1. The number of benzene rings is 2. The highest BCUT2D eigenvalue weighted by molar-refractivity contribution is 7.16. The van der Waals surface area contributed by atoms with Gasteiger partial charge in [0.25, 0.3) is 11.8 Å². The number of anilines is 1. The number of likely N-dealkylation sites (N-methyl/N-ethyl adjacent to an activating group) is 1. The summed E-state index contributed by atoms with van der Waals surface area (Å²) in [6, 6.07) is 14.1. The summed E-state index contributed by atoms with van der Waals surface area (Å²) in [5.41, 5.74) is 2.16. The van der Waals surface area contributed by atoms with E-state index in [0.717, 1.165) is 16.1 Å². The van der Waals surface area contributed by atoms with E-state index in [4.69, 9.17) is 16.3 Å². The first-order valence-electron chi connectivity index (χ1n) is 8.81. The van der Waals surface area contributed by atoms with Crippen molar-refractivity contribution in [2.45, 2.75) is 6.92 Å². The van der Waals surface area contributed by atoms with Gasteiger partial charge in [0.05, 0.1) is 5.69 Å². The fraction of sp³-hybridized carbons (Fsp3) is 0.190. The quantitative estimate of drug-likeness (QED) is 0.626. The number of nitrogens with one attached hydrogen (secondary N) is 1. The third-order valence-corrected chi connectivity index (χ3v) is 5.23. The number of hydrogen-bond acceptors (Lipinski definition) is 5. The number of ether oxygens (including phenoxy) is 1. The van der Waals surface area contributed by atoms with Crippen LogP contribution in [0.25, 0.3) is 11.3 Å². The van der Waals surface area contributed by atoms with Crippen LogP contribution in [0, 0.1) is 6.92 Å². The lowest BCUT2D eigenvalue weighted by Crippen LogP contribution is -2.27. The molecule has 0 bridgehead atoms. The van der Waals surface area contributed by atoms with E-state index in [2.05, 4.69) is 10.3 Å². The van der Waals surface area contributed by atoms with Crippen LogP contribution in [0.5, 0.6) is 5.75 Å². The number of rotatable bonds is 6. The largest absolute Gasteiger partial charge is 0.484 e. The highest BCUT2D eigenvalue weighted by Crippen LogP contribution is 2.31. The van der Waals surface area contributed by atoms with Gasteiger partial charge >= 0.3 is 0 Å². The van der Waals surface area contributed by atoms with E-state index in [9.17, 15) is 9.59 Å². The maximum absolute atomic E-state index is 12.6. The monoisotopic (exact) mass is 429 g/mol. The van der Waals surface area contributed by atoms with Gasteiger partial charge in [0.2, 0.25) is 0 Å². The minimum atomic E-state index is -0.300. The minimum absolute atomic E-state index is 0.0891. The summed E-state index contributed by atoms with van der Waals surface area (Å²) in [6.45, 7) is 1.86. The first kappa shape index (κ1) is 20.8. The molecule has 1 N–H and O–H groups in total. The standard InChI is InChI=1S/C21H20ClN3O3S/c1-13-19(14-7-9-16(22)10-8-14)23-21(29-13)24-20(27)15-5-4-6-17(11-15)28-12-18(26)25(2)3/h4-11H,12H2,1-3H3,(H,23,24,27). The lowest BCUT2D eigenvalue weighted by molar-refractivity contribution is -0.130. The highest BCUT2D eigenvalue weighted by Gasteiger charge is 2.14. The fourth-order valence-electron chi connectivity index (χ4n) is 2.50. The molecule has 3 rings (SSSR count). The molecule has 0 fully saturated rings. The number of carbonyl (C=O) groups excluding carboxylic acids is 2. The Morgan fingerprint density at radius 3 is 2.59 bits per heavy atom. The average Bonchev–Trinajstić information content (AvgIpc) is 3.06. The van der Waals surface area contributed by atoms with Gasteiger partial charge in [-0.1, -0.05) is 29.8 Å². The van der Waals surface area contributed by atoms with Crippen LogP contribution in [0.3, 0.4) is 0 Å². The van der Waals surface area contributed by atoms with Crippen LogP contribution in [0.2, 0.25) is 5.02 Å². The van der Waals surface area contributed by atoms with Gasteiger partial charge in [-0.3, -0.25) is 14.9 Å². The Labute approximate surface area is 178 Å². The van der Waals surface area contributed by atoms with Crippen LogP contribution < -0.4 is 10.1 Å². The average molecular weight is 430 g/mol. The number of aryl methyl sites for hydroxylation is 1. The van der Waals surface area contributed by atoms with Crippen molar-refractivity contribution in [3.05, 3.63) is 64.0 Å². The molecule has 0 unspecified atom stereocenters. The van der Waals surface area contributed by atoms with Gasteiger partial charge in [0, 0.05) is 35.1 Å². The lowest BCUT2D eigenvalue weighted by Gasteiger charge is -2.11. The van der Waals surface area contributed by atoms with E-state index in [1.165, 1.54) is 16.2 Å². The zero-order chi connectivity index (χ0) is 21.0. The Hall–Kier alpha value is -2.90. The molecule has 2 amide bonds. The van der Waals surface area contributed by atoms with E-state index >= 15 is 0 Å². The van der Waals surface area contributed by atoms with Crippen molar-refractivity contribution in [3.63, 3.8) is 0 Å². The molecule has 0 saturated heterocycles. The molecule has 0 saturated carbocycles. The summed E-state index contributed by atoms with van der Waals surface area (Å²) in [7, 11) is 3.31. The number of hydrogen-bond donors (Lipinski definition) is 1. The van der Waals surface area contributed by atoms with Crippen LogP contribution in [0.4, 0.5) is 5.13 Å². The Bertz CT molecular complexity index is 1030. The normalized spacial score (nSPS) is 10.5. The van der Waals surface area contributed by atoms with Crippen molar-refractivity contribution in [1.82, 2.24) is 9.88 Å². The Kier molecular flexibility index (Phi) is 6.51. The number of halogens is 1. The summed E-state index contributed by atoms with van der Waals surface area (Å²) in [5.74, 6) is -0.0105. The molecule has 1 heterocycles. The third-order valence-electron chi connectivity index (χ3n) is 4.09.